The van der Waals surface area contributed by atoms with Gasteiger partial charge in [0.1, 0.15) is 6.61 Å². The first-order valence-corrected chi connectivity index (χ1v) is 23.6. The molecule has 1 unspecified atom stereocenters. The summed E-state index contributed by atoms with van der Waals surface area (Å²) >= 11 is 0. The van der Waals surface area contributed by atoms with E-state index in [-0.39, 0.29) is 32.6 Å². The largest absolute Gasteiger partial charge is 0.472 e. The predicted octanol–water partition coefficient (Wildman–Crippen LogP) is 12.7. The Balaban J connectivity index is 4.15. The normalized spacial score (nSPS) is 13.7. The summed E-state index contributed by atoms with van der Waals surface area (Å²) < 4.78 is 32.8. The number of hydrogen-bond acceptors (Lipinski definition) is 8. The van der Waals surface area contributed by atoms with Gasteiger partial charge in [-0.1, -0.05) is 159 Å². The molecule has 320 valence electrons. The van der Waals surface area contributed by atoms with Crippen LogP contribution in [0.25, 0.3) is 0 Å². The van der Waals surface area contributed by atoms with E-state index >= 15 is 0 Å². The average Bonchev–Trinajstić information content (AvgIpc) is 3.17. The molecule has 0 rings (SSSR count). The van der Waals surface area contributed by atoms with Crippen molar-refractivity contribution < 1.29 is 37.6 Å². The van der Waals surface area contributed by atoms with E-state index in [1.807, 2.05) is 0 Å². The summed E-state index contributed by atoms with van der Waals surface area (Å²) in [7, 11) is -4.38. The topological polar surface area (TPSA) is 134 Å². The van der Waals surface area contributed by atoms with Crippen molar-refractivity contribution in [1.82, 2.24) is 0 Å². The second-order valence-corrected chi connectivity index (χ2v) is 16.0. The molecule has 0 aliphatic rings. The third kappa shape index (κ3) is 41.4. The quantitative estimate of drug-likeness (QED) is 0.0268. The Labute approximate surface area is 336 Å². The molecule has 0 spiro atoms. The molecule has 0 saturated heterocycles. The summed E-state index contributed by atoms with van der Waals surface area (Å²) in [4.78, 5) is 34.9. The lowest BCUT2D eigenvalue weighted by molar-refractivity contribution is -0.161. The van der Waals surface area contributed by atoms with Gasteiger partial charge in [-0.25, -0.2) is 4.57 Å². The van der Waals surface area contributed by atoms with Gasteiger partial charge >= 0.3 is 19.8 Å². The van der Waals surface area contributed by atoms with Crippen LogP contribution in [0.1, 0.15) is 194 Å². The van der Waals surface area contributed by atoms with Gasteiger partial charge in [-0.05, 0) is 70.6 Å². The van der Waals surface area contributed by atoms with Crippen molar-refractivity contribution in [3.05, 3.63) is 48.6 Å². The van der Waals surface area contributed by atoms with Gasteiger partial charge in [0.15, 0.2) is 6.10 Å². The Bertz CT molecular complexity index is 1040. The molecule has 0 amide bonds. The third-order valence-corrected chi connectivity index (χ3v) is 10.2. The highest BCUT2D eigenvalue weighted by Gasteiger charge is 2.26. The van der Waals surface area contributed by atoms with E-state index < -0.39 is 32.5 Å². The van der Waals surface area contributed by atoms with Crippen molar-refractivity contribution in [2.45, 2.75) is 200 Å². The Morgan fingerprint density at radius 3 is 1.51 bits per heavy atom. The second-order valence-electron chi connectivity index (χ2n) is 14.5. The number of hydrogen-bond donors (Lipinski definition) is 2. The van der Waals surface area contributed by atoms with Gasteiger partial charge < -0.3 is 20.1 Å². The maximum absolute atomic E-state index is 12.6. The third-order valence-electron chi connectivity index (χ3n) is 9.20. The minimum absolute atomic E-state index is 0.0493. The van der Waals surface area contributed by atoms with Crippen LogP contribution in [0.2, 0.25) is 0 Å². The molecule has 0 fully saturated rings. The number of esters is 2. The standard InChI is InChI=1S/C45H82NO8P/c1-3-5-7-9-11-13-15-17-19-20-21-22-24-26-28-30-32-34-36-38-45(48)54-43(42-53-55(49,50)52-40-39-46)41-51-44(47)37-35-33-31-29-27-25-23-18-16-14-12-10-8-6-4-2/h6,8,12,14,17-19,23,43H,3-5,7,9-11,13,15-16,20-22,24-42,46H2,1-2H3,(H,49,50)/b8-6-,14-12-,19-17-,23-18-/t43-/m1/s1. The summed E-state index contributed by atoms with van der Waals surface area (Å²) in [5.41, 5.74) is 5.35. The Hall–Kier alpha value is -2.03. The van der Waals surface area contributed by atoms with Crippen LogP contribution in [0, 0.1) is 0 Å². The summed E-state index contributed by atoms with van der Waals surface area (Å²) in [5.74, 6) is -0.850. The zero-order chi connectivity index (χ0) is 40.3. The van der Waals surface area contributed by atoms with Gasteiger partial charge in [-0.2, -0.15) is 0 Å². The number of phosphoric acid groups is 1. The molecule has 0 aromatic carbocycles. The first-order valence-electron chi connectivity index (χ1n) is 22.1. The lowest BCUT2D eigenvalue weighted by atomic mass is 10.1. The van der Waals surface area contributed by atoms with Crippen molar-refractivity contribution in [3.8, 4) is 0 Å². The highest BCUT2D eigenvalue weighted by molar-refractivity contribution is 7.47. The van der Waals surface area contributed by atoms with Crippen LogP contribution in [-0.4, -0.2) is 49.3 Å². The highest BCUT2D eigenvalue weighted by atomic mass is 31.2. The van der Waals surface area contributed by atoms with E-state index in [0.29, 0.717) is 12.8 Å². The van der Waals surface area contributed by atoms with Crippen LogP contribution in [0.4, 0.5) is 0 Å². The fourth-order valence-electron chi connectivity index (χ4n) is 5.94. The van der Waals surface area contributed by atoms with Gasteiger partial charge in [0.05, 0.1) is 13.2 Å². The van der Waals surface area contributed by atoms with Gasteiger partial charge in [-0.15, -0.1) is 0 Å². The fraction of sp³-hybridized carbons (Fsp3) is 0.778. The second kappa shape index (κ2) is 41.6. The lowest BCUT2D eigenvalue weighted by Crippen LogP contribution is -2.29. The van der Waals surface area contributed by atoms with Crippen LogP contribution < -0.4 is 5.73 Å². The van der Waals surface area contributed by atoms with Crippen LogP contribution >= 0.6 is 7.82 Å². The number of carbonyl (C=O) groups is 2. The smallest absolute Gasteiger partial charge is 0.462 e. The predicted molar refractivity (Wildman–Crippen MR) is 229 cm³/mol. The molecule has 0 heterocycles. The monoisotopic (exact) mass is 796 g/mol. The summed E-state index contributed by atoms with van der Waals surface area (Å²) in [5, 5.41) is 0. The molecule has 0 aromatic heterocycles. The molecule has 2 atom stereocenters. The number of rotatable bonds is 41. The Morgan fingerprint density at radius 2 is 1.00 bits per heavy atom. The fourth-order valence-corrected chi connectivity index (χ4v) is 6.70. The number of unbranched alkanes of at least 4 members (excludes halogenated alkanes) is 20. The zero-order valence-corrected chi connectivity index (χ0v) is 36.0. The molecule has 0 bridgehead atoms. The molecular weight excluding hydrogens is 713 g/mol. The molecule has 9 nitrogen and oxygen atoms in total. The zero-order valence-electron chi connectivity index (χ0n) is 35.2. The number of ether oxygens (including phenoxy) is 2. The lowest BCUT2D eigenvalue weighted by Gasteiger charge is -2.19. The molecule has 3 N–H and O–H groups in total. The molecule has 10 heteroatoms. The average molecular weight is 796 g/mol. The number of carbonyl (C=O) groups excluding carboxylic acids is 2. The van der Waals surface area contributed by atoms with Crippen LogP contribution in [0.3, 0.4) is 0 Å². The molecule has 55 heavy (non-hydrogen) atoms. The minimum atomic E-state index is -4.38. The number of nitrogens with two attached hydrogens (primary N) is 1. The van der Waals surface area contributed by atoms with E-state index in [4.69, 9.17) is 24.3 Å². The molecule has 0 aromatic rings. The van der Waals surface area contributed by atoms with E-state index in [1.54, 1.807) is 0 Å². The molecule has 0 aliphatic heterocycles. The Morgan fingerprint density at radius 1 is 0.564 bits per heavy atom. The molecular formula is C45H82NO8P. The summed E-state index contributed by atoms with van der Waals surface area (Å²) in [6.45, 7) is 3.60. The van der Waals surface area contributed by atoms with E-state index in [1.165, 1.54) is 83.5 Å². The van der Waals surface area contributed by atoms with Gasteiger partial charge in [0.25, 0.3) is 0 Å². The summed E-state index contributed by atoms with van der Waals surface area (Å²) in [6.07, 6.45) is 47.1. The molecule has 0 radical (unpaired) electrons. The van der Waals surface area contributed by atoms with Crippen molar-refractivity contribution in [2.75, 3.05) is 26.4 Å². The first kappa shape index (κ1) is 53.0. The molecule has 0 saturated carbocycles. The van der Waals surface area contributed by atoms with Gasteiger partial charge in [-0.3, -0.25) is 18.6 Å². The van der Waals surface area contributed by atoms with Crippen molar-refractivity contribution in [1.29, 1.82) is 0 Å². The molecule has 0 aliphatic carbocycles. The van der Waals surface area contributed by atoms with E-state index in [9.17, 15) is 19.0 Å². The maximum atomic E-state index is 12.6. The van der Waals surface area contributed by atoms with Crippen LogP contribution in [-0.2, 0) is 32.7 Å². The van der Waals surface area contributed by atoms with E-state index in [0.717, 1.165) is 70.6 Å². The Kier molecular flexibility index (Phi) is 40.1. The van der Waals surface area contributed by atoms with E-state index in [2.05, 4.69) is 62.5 Å². The number of allylic oxidation sites excluding steroid dienone is 8. The van der Waals surface area contributed by atoms with Crippen molar-refractivity contribution in [2.24, 2.45) is 5.73 Å². The maximum Gasteiger partial charge on any atom is 0.472 e. The van der Waals surface area contributed by atoms with Crippen molar-refractivity contribution >= 4 is 19.8 Å². The van der Waals surface area contributed by atoms with Gasteiger partial charge in [0, 0.05) is 19.4 Å². The summed E-state index contributed by atoms with van der Waals surface area (Å²) in [6, 6.07) is 0. The van der Waals surface area contributed by atoms with Gasteiger partial charge in [0.2, 0.25) is 0 Å². The van der Waals surface area contributed by atoms with Crippen LogP contribution in [0.5, 0.6) is 0 Å². The van der Waals surface area contributed by atoms with Crippen molar-refractivity contribution in [3.63, 3.8) is 0 Å². The SMILES string of the molecule is CC/C=C\C/C=C\C/C=C\CCCCCCCC(=O)OC[C@H](COP(=O)(O)OCCN)OC(=O)CCCCCCCCCCC/C=C\CCCCCCCC. The van der Waals surface area contributed by atoms with Crippen LogP contribution in [0.15, 0.2) is 48.6 Å². The minimum Gasteiger partial charge on any atom is -0.462 e. The first-order chi connectivity index (χ1) is 26.8. The highest BCUT2D eigenvalue weighted by Crippen LogP contribution is 2.43. The number of phosphoric ester groups is 1.